The third-order valence-corrected chi connectivity index (χ3v) is 7.42. The topological polar surface area (TPSA) is 48.5 Å². The molecule has 2 aromatic rings. The Balaban J connectivity index is 1.47. The molecule has 1 amide bonds. The van der Waals surface area contributed by atoms with Gasteiger partial charge in [0.05, 0.1) is 11.4 Å². The number of carbonyl (C=O) groups is 1. The van der Waals surface area contributed by atoms with Crippen LogP contribution < -0.4 is 10.2 Å². The predicted molar refractivity (Wildman–Crippen MR) is 129 cm³/mol. The van der Waals surface area contributed by atoms with Gasteiger partial charge in [0, 0.05) is 48.9 Å². The van der Waals surface area contributed by atoms with E-state index < -0.39 is 18.1 Å². The van der Waals surface area contributed by atoms with Gasteiger partial charge in [0.1, 0.15) is 0 Å². The van der Waals surface area contributed by atoms with E-state index in [1.807, 2.05) is 25.1 Å². The number of halogens is 3. The summed E-state index contributed by atoms with van der Waals surface area (Å²) in [6.07, 6.45) is -0.408. The molecule has 0 spiro atoms. The SMILES string of the molecule is Cc1ccc(N2CC(NC(=O)CC3CCN(C(C)C)CC3)CC(C(F)(F)F)C2)c2cccnc12. The summed E-state index contributed by atoms with van der Waals surface area (Å²) in [7, 11) is 0. The van der Waals surface area contributed by atoms with Crippen LogP contribution in [0.5, 0.6) is 0 Å². The molecule has 0 radical (unpaired) electrons. The van der Waals surface area contributed by atoms with Crippen molar-refractivity contribution in [3.63, 3.8) is 0 Å². The van der Waals surface area contributed by atoms with Crippen LogP contribution in [-0.2, 0) is 4.79 Å². The molecule has 2 saturated heterocycles. The van der Waals surface area contributed by atoms with Crippen molar-refractivity contribution in [2.24, 2.45) is 11.8 Å². The normalized spacial score (nSPS) is 23.0. The number of rotatable bonds is 5. The molecular weight excluding hydrogens is 441 g/mol. The lowest BCUT2D eigenvalue weighted by atomic mass is 9.90. The second-order valence-corrected chi connectivity index (χ2v) is 10.2. The smallest absolute Gasteiger partial charge is 0.368 e. The van der Waals surface area contributed by atoms with Gasteiger partial charge >= 0.3 is 6.18 Å². The highest BCUT2D eigenvalue weighted by molar-refractivity contribution is 5.93. The van der Waals surface area contributed by atoms with Crippen LogP contribution in [-0.4, -0.2) is 60.2 Å². The number of fused-ring (bicyclic) bond motifs is 1. The van der Waals surface area contributed by atoms with Gasteiger partial charge in [-0.15, -0.1) is 0 Å². The third kappa shape index (κ3) is 5.65. The first-order valence-corrected chi connectivity index (χ1v) is 12.3. The number of nitrogens with one attached hydrogen (secondary N) is 1. The summed E-state index contributed by atoms with van der Waals surface area (Å²) in [4.78, 5) is 21.4. The van der Waals surface area contributed by atoms with E-state index in [2.05, 4.69) is 29.0 Å². The van der Waals surface area contributed by atoms with Crippen molar-refractivity contribution in [1.29, 1.82) is 0 Å². The highest BCUT2D eigenvalue weighted by Crippen LogP contribution is 2.37. The molecule has 2 atom stereocenters. The van der Waals surface area contributed by atoms with Crippen LogP contribution in [0.25, 0.3) is 10.9 Å². The van der Waals surface area contributed by atoms with Crippen LogP contribution in [0.1, 0.15) is 45.1 Å². The summed E-state index contributed by atoms with van der Waals surface area (Å²) < 4.78 is 41.5. The maximum Gasteiger partial charge on any atom is 0.393 e. The Morgan fingerprint density at radius 1 is 1.18 bits per heavy atom. The van der Waals surface area contributed by atoms with Crippen molar-refractivity contribution >= 4 is 22.5 Å². The van der Waals surface area contributed by atoms with Gasteiger partial charge in [-0.2, -0.15) is 13.2 Å². The largest absolute Gasteiger partial charge is 0.393 e. The third-order valence-electron chi connectivity index (χ3n) is 7.42. The zero-order chi connectivity index (χ0) is 24.5. The number of benzene rings is 1. The summed E-state index contributed by atoms with van der Waals surface area (Å²) in [6.45, 7) is 8.48. The van der Waals surface area contributed by atoms with Crippen LogP contribution in [0.2, 0.25) is 0 Å². The zero-order valence-corrected chi connectivity index (χ0v) is 20.2. The van der Waals surface area contributed by atoms with Crippen molar-refractivity contribution in [3.8, 4) is 0 Å². The number of hydrogen-bond acceptors (Lipinski definition) is 4. The van der Waals surface area contributed by atoms with E-state index in [0.29, 0.717) is 24.9 Å². The summed E-state index contributed by atoms with van der Waals surface area (Å²) >= 11 is 0. The van der Waals surface area contributed by atoms with E-state index in [4.69, 9.17) is 0 Å². The van der Waals surface area contributed by atoms with E-state index in [1.54, 1.807) is 17.2 Å². The molecule has 2 unspecified atom stereocenters. The Labute approximate surface area is 199 Å². The van der Waals surface area contributed by atoms with E-state index in [1.165, 1.54) is 0 Å². The van der Waals surface area contributed by atoms with Crippen molar-refractivity contribution < 1.29 is 18.0 Å². The molecule has 1 N–H and O–H groups in total. The molecule has 186 valence electrons. The summed E-state index contributed by atoms with van der Waals surface area (Å²) in [5, 5.41) is 3.79. The lowest BCUT2D eigenvalue weighted by Crippen LogP contribution is -2.54. The number of hydrogen-bond donors (Lipinski definition) is 1. The maximum atomic E-state index is 13.8. The molecule has 8 heteroatoms. The van der Waals surface area contributed by atoms with Crippen molar-refractivity contribution in [2.45, 2.75) is 64.7 Å². The van der Waals surface area contributed by atoms with Crippen LogP contribution in [0, 0.1) is 18.8 Å². The first-order valence-electron chi connectivity index (χ1n) is 12.3. The average Bonchev–Trinajstić information content (AvgIpc) is 2.79. The number of amides is 1. The monoisotopic (exact) mass is 476 g/mol. The Hall–Kier alpha value is -2.35. The first kappa shape index (κ1) is 24.8. The molecule has 2 aliphatic rings. The van der Waals surface area contributed by atoms with Gasteiger partial charge in [0.25, 0.3) is 0 Å². The highest BCUT2D eigenvalue weighted by atomic mass is 19.4. The maximum absolute atomic E-state index is 13.8. The number of aryl methyl sites for hydroxylation is 1. The molecule has 4 rings (SSSR count). The highest BCUT2D eigenvalue weighted by Gasteiger charge is 2.45. The van der Waals surface area contributed by atoms with Crippen molar-refractivity contribution in [3.05, 3.63) is 36.0 Å². The van der Waals surface area contributed by atoms with Gasteiger partial charge < -0.3 is 15.1 Å². The van der Waals surface area contributed by atoms with Gasteiger partial charge in [-0.1, -0.05) is 6.07 Å². The standard InChI is InChI=1S/C26H35F3N4O/c1-17(2)32-11-8-19(9-12-32)13-24(34)31-21-14-20(26(27,28)29)15-33(16-21)23-7-6-18(3)25-22(23)5-4-10-30-25/h4-7,10,17,19-21H,8-9,11-16H2,1-3H3,(H,31,34). The minimum absolute atomic E-state index is 0.0838. The molecule has 2 aliphatic heterocycles. The Kier molecular flexibility index (Phi) is 7.36. The Morgan fingerprint density at radius 2 is 1.91 bits per heavy atom. The van der Waals surface area contributed by atoms with Crippen LogP contribution in [0.15, 0.2) is 30.5 Å². The van der Waals surface area contributed by atoms with Crippen LogP contribution in [0.4, 0.5) is 18.9 Å². The number of anilines is 1. The number of alkyl halides is 3. The molecule has 2 fully saturated rings. The second kappa shape index (κ2) is 10.1. The van der Waals surface area contributed by atoms with Crippen molar-refractivity contribution in [1.82, 2.24) is 15.2 Å². The minimum Gasteiger partial charge on any atom is -0.368 e. The second-order valence-electron chi connectivity index (χ2n) is 10.2. The van der Waals surface area contributed by atoms with Gasteiger partial charge in [-0.25, -0.2) is 0 Å². The van der Waals surface area contributed by atoms with Gasteiger partial charge in [-0.05, 0) is 82.8 Å². The summed E-state index contributed by atoms with van der Waals surface area (Å²) in [5.74, 6) is -1.33. The molecule has 1 aromatic carbocycles. The van der Waals surface area contributed by atoms with Crippen LogP contribution >= 0.6 is 0 Å². The van der Waals surface area contributed by atoms with Gasteiger partial charge in [-0.3, -0.25) is 9.78 Å². The Morgan fingerprint density at radius 3 is 2.59 bits per heavy atom. The molecule has 3 heterocycles. The lowest BCUT2D eigenvalue weighted by molar-refractivity contribution is -0.178. The number of carbonyl (C=O) groups excluding carboxylic acids is 1. The van der Waals surface area contributed by atoms with Crippen LogP contribution in [0.3, 0.4) is 0 Å². The Bertz CT molecular complexity index is 1000. The lowest BCUT2D eigenvalue weighted by Gasteiger charge is -2.40. The number of pyridine rings is 1. The molecular formula is C26H35F3N4O. The zero-order valence-electron chi connectivity index (χ0n) is 20.2. The first-order chi connectivity index (χ1) is 16.1. The fourth-order valence-corrected chi connectivity index (χ4v) is 5.43. The average molecular weight is 477 g/mol. The number of likely N-dealkylation sites (tertiary alicyclic amines) is 1. The van der Waals surface area contributed by atoms with Gasteiger partial charge in [0.2, 0.25) is 5.91 Å². The van der Waals surface area contributed by atoms with E-state index in [-0.39, 0.29) is 18.9 Å². The van der Waals surface area contributed by atoms with E-state index >= 15 is 0 Å². The predicted octanol–water partition coefficient (Wildman–Crippen LogP) is 4.93. The van der Waals surface area contributed by atoms with Gasteiger partial charge in [0.15, 0.2) is 0 Å². The van der Waals surface area contributed by atoms with Crippen molar-refractivity contribution in [2.75, 3.05) is 31.1 Å². The molecule has 0 aliphatic carbocycles. The van der Waals surface area contributed by atoms with E-state index in [0.717, 1.165) is 48.1 Å². The number of piperidine rings is 2. The molecule has 5 nitrogen and oxygen atoms in total. The number of aromatic nitrogens is 1. The molecule has 0 bridgehead atoms. The quantitative estimate of drug-likeness (QED) is 0.665. The minimum atomic E-state index is -4.32. The fourth-order valence-electron chi connectivity index (χ4n) is 5.43. The molecule has 34 heavy (non-hydrogen) atoms. The fraction of sp³-hybridized carbons (Fsp3) is 0.615. The summed E-state index contributed by atoms with van der Waals surface area (Å²) in [5.41, 5.74) is 2.52. The number of nitrogens with zero attached hydrogens (tertiary/aromatic N) is 3. The van der Waals surface area contributed by atoms with E-state index in [9.17, 15) is 18.0 Å². The molecule has 1 aromatic heterocycles. The summed E-state index contributed by atoms with van der Waals surface area (Å²) in [6, 6.07) is 7.43. The molecule has 0 saturated carbocycles.